The zero-order valence-electron chi connectivity index (χ0n) is 15.0. The molecule has 25 heavy (non-hydrogen) atoms. The van der Waals surface area contributed by atoms with Crippen molar-refractivity contribution in [2.45, 2.75) is 25.9 Å². The van der Waals surface area contributed by atoms with E-state index in [0.717, 1.165) is 25.3 Å². The molecule has 2 heterocycles. The van der Waals surface area contributed by atoms with Crippen LogP contribution in [0, 0.1) is 5.92 Å². The third-order valence-electron chi connectivity index (χ3n) is 4.85. The Labute approximate surface area is 148 Å². The lowest BCUT2D eigenvalue weighted by Gasteiger charge is -2.25. The first-order valence-electron chi connectivity index (χ1n) is 8.66. The quantitative estimate of drug-likeness (QED) is 0.755. The van der Waals surface area contributed by atoms with E-state index in [0.29, 0.717) is 12.2 Å². The van der Waals surface area contributed by atoms with Gasteiger partial charge in [0.25, 0.3) is 0 Å². The number of likely N-dealkylation sites (tertiary alicyclic amines) is 1. The summed E-state index contributed by atoms with van der Waals surface area (Å²) in [6, 6.07) is 8.38. The molecule has 1 aliphatic rings. The minimum absolute atomic E-state index is 0.247. The van der Waals surface area contributed by atoms with Gasteiger partial charge in [0.1, 0.15) is 5.75 Å². The third kappa shape index (κ3) is 3.85. The molecule has 0 aliphatic carbocycles. The van der Waals surface area contributed by atoms with Crippen molar-refractivity contribution in [1.29, 1.82) is 0 Å². The molecule has 1 aromatic heterocycles. The highest BCUT2D eigenvalue weighted by Gasteiger charge is 2.34. The number of carbonyl (C=O) groups is 1. The highest BCUT2D eigenvalue weighted by Crippen LogP contribution is 2.36. The van der Waals surface area contributed by atoms with Gasteiger partial charge in [-0.3, -0.25) is 9.58 Å². The zero-order chi connectivity index (χ0) is 17.8. The van der Waals surface area contributed by atoms with Crippen LogP contribution in [-0.4, -0.2) is 48.0 Å². The summed E-state index contributed by atoms with van der Waals surface area (Å²) >= 11 is 0. The Bertz CT molecular complexity index is 711. The van der Waals surface area contributed by atoms with E-state index in [2.05, 4.69) is 29.2 Å². The number of hydrogen-bond acceptors (Lipinski definition) is 5. The van der Waals surface area contributed by atoms with Crippen LogP contribution in [0.5, 0.6) is 5.75 Å². The monoisotopic (exact) mass is 343 g/mol. The molecular weight excluding hydrogens is 318 g/mol. The summed E-state index contributed by atoms with van der Waals surface area (Å²) in [4.78, 5) is 14.5. The summed E-state index contributed by atoms with van der Waals surface area (Å²) in [6.07, 6.45) is 4.30. The van der Waals surface area contributed by atoms with Gasteiger partial charge in [-0.05, 0) is 44.6 Å². The molecule has 6 nitrogen and oxygen atoms in total. The number of ether oxygens (including phenoxy) is 2. The maximum atomic E-state index is 12.2. The number of aromatic nitrogens is 2. The van der Waals surface area contributed by atoms with Gasteiger partial charge < -0.3 is 9.47 Å². The average Bonchev–Trinajstić information content (AvgIpc) is 3.26. The van der Waals surface area contributed by atoms with Crippen LogP contribution in [0.4, 0.5) is 0 Å². The number of aryl methyl sites for hydroxylation is 1. The van der Waals surface area contributed by atoms with Crippen LogP contribution in [-0.2, 0) is 11.3 Å². The first-order chi connectivity index (χ1) is 12.1. The molecule has 0 bridgehead atoms. The van der Waals surface area contributed by atoms with Crippen molar-refractivity contribution in [1.82, 2.24) is 14.7 Å². The minimum atomic E-state index is -0.303. The molecule has 0 saturated carbocycles. The van der Waals surface area contributed by atoms with E-state index < -0.39 is 0 Å². The standard InChI is InChI=1S/C19H25N3O3/c1-4-22-12-16(11-20-22)19(23)25-13-15-9-10-21(2)18(15)14-5-7-17(24-3)8-6-14/h5-8,11-12,15,18H,4,9-10,13H2,1-3H3/t15-,18-/m1/s1. The fraction of sp³-hybridized carbons (Fsp3) is 0.474. The van der Waals surface area contributed by atoms with Crippen LogP contribution in [0.3, 0.4) is 0 Å². The van der Waals surface area contributed by atoms with E-state index in [9.17, 15) is 4.79 Å². The highest BCUT2D eigenvalue weighted by molar-refractivity contribution is 5.88. The van der Waals surface area contributed by atoms with Crippen LogP contribution >= 0.6 is 0 Å². The van der Waals surface area contributed by atoms with Gasteiger partial charge in [-0.1, -0.05) is 12.1 Å². The molecule has 1 fully saturated rings. The van der Waals surface area contributed by atoms with Crippen molar-refractivity contribution in [3.8, 4) is 5.75 Å². The fourth-order valence-corrected chi connectivity index (χ4v) is 3.44. The summed E-state index contributed by atoms with van der Waals surface area (Å²) in [7, 11) is 3.78. The molecule has 1 saturated heterocycles. The Morgan fingerprint density at radius 1 is 1.32 bits per heavy atom. The summed E-state index contributed by atoms with van der Waals surface area (Å²) in [5, 5.41) is 4.12. The second-order valence-corrected chi connectivity index (χ2v) is 6.43. The SMILES string of the molecule is CCn1cc(C(=O)OC[C@H]2CCN(C)[C@@H]2c2ccc(OC)cc2)cn1. The lowest BCUT2D eigenvalue weighted by molar-refractivity contribution is 0.0412. The topological polar surface area (TPSA) is 56.6 Å². The number of nitrogens with zero attached hydrogens (tertiary/aromatic N) is 3. The van der Waals surface area contributed by atoms with Crippen molar-refractivity contribution in [3.05, 3.63) is 47.8 Å². The summed E-state index contributed by atoms with van der Waals surface area (Å²) in [5.74, 6) is 0.826. The summed E-state index contributed by atoms with van der Waals surface area (Å²) < 4.78 is 12.5. The Morgan fingerprint density at radius 2 is 2.08 bits per heavy atom. The predicted molar refractivity (Wildman–Crippen MR) is 94.7 cm³/mol. The van der Waals surface area contributed by atoms with Gasteiger partial charge in [0.2, 0.25) is 0 Å². The number of benzene rings is 1. The molecule has 0 radical (unpaired) electrons. The summed E-state index contributed by atoms with van der Waals surface area (Å²) in [6.45, 7) is 4.13. The fourth-order valence-electron chi connectivity index (χ4n) is 3.44. The van der Waals surface area contributed by atoms with E-state index in [-0.39, 0.29) is 17.9 Å². The Balaban J connectivity index is 1.65. The van der Waals surface area contributed by atoms with E-state index in [4.69, 9.17) is 9.47 Å². The molecule has 134 valence electrons. The van der Waals surface area contributed by atoms with Gasteiger partial charge in [-0.25, -0.2) is 4.79 Å². The van der Waals surface area contributed by atoms with Gasteiger partial charge in [-0.2, -0.15) is 5.10 Å². The summed E-state index contributed by atoms with van der Waals surface area (Å²) in [5.41, 5.74) is 1.73. The number of rotatable bonds is 6. The third-order valence-corrected chi connectivity index (χ3v) is 4.85. The average molecular weight is 343 g/mol. The first-order valence-corrected chi connectivity index (χ1v) is 8.66. The molecule has 0 unspecified atom stereocenters. The highest BCUT2D eigenvalue weighted by atomic mass is 16.5. The Kier molecular flexibility index (Phi) is 5.38. The van der Waals surface area contributed by atoms with Crippen LogP contribution in [0.25, 0.3) is 0 Å². The maximum Gasteiger partial charge on any atom is 0.341 e. The van der Waals surface area contributed by atoms with Crippen molar-refractivity contribution in [3.63, 3.8) is 0 Å². The second kappa shape index (κ2) is 7.70. The molecule has 6 heteroatoms. The van der Waals surface area contributed by atoms with Gasteiger partial charge >= 0.3 is 5.97 Å². The van der Waals surface area contributed by atoms with Crippen LogP contribution in [0.2, 0.25) is 0 Å². The molecule has 2 aromatic rings. The zero-order valence-corrected chi connectivity index (χ0v) is 15.0. The lowest BCUT2D eigenvalue weighted by atomic mass is 9.94. The van der Waals surface area contributed by atoms with Crippen molar-refractivity contribution in [2.24, 2.45) is 5.92 Å². The first kappa shape index (κ1) is 17.5. The van der Waals surface area contributed by atoms with Crippen LogP contribution < -0.4 is 4.74 Å². The number of methoxy groups -OCH3 is 1. The number of esters is 1. The smallest absolute Gasteiger partial charge is 0.341 e. The van der Waals surface area contributed by atoms with Gasteiger partial charge in [0, 0.05) is 24.7 Å². The molecular formula is C19H25N3O3. The minimum Gasteiger partial charge on any atom is -0.497 e. The maximum absolute atomic E-state index is 12.2. The van der Waals surface area contributed by atoms with Gasteiger partial charge in [0.05, 0.1) is 25.5 Å². The van der Waals surface area contributed by atoms with E-state index in [1.165, 1.54) is 5.56 Å². The molecule has 1 aliphatic heterocycles. The Morgan fingerprint density at radius 3 is 2.72 bits per heavy atom. The molecule has 0 amide bonds. The van der Waals surface area contributed by atoms with Crippen molar-refractivity contribution >= 4 is 5.97 Å². The van der Waals surface area contributed by atoms with Gasteiger partial charge in [0.15, 0.2) is 0 Å². The second-order valence-electron chi connectivity index (χ2n) is 6.43. The molecule has 0 N–H and O–H groups in total. The molecule has 1 aromatic carbocycles. The van der Waals surface area contributed by atoms with E-state index >= 15 is 0 Å². The molecule has 3 rings (SSSR count). The van der Waals surface area contributed by atoms with E-state index in [1.54, 1.807) is 24.2 Å². The largest absolute Gasteiger partial charge is 0.497 e. The number of carbonyl (C=O) groups excluding carboxylic acids is 1. The van der Waals surface area contributed by atoms with Crippen molar-refractivity contribution in [2.75, 3.05) is 27.3 Å². The van der Waals surface area contributed by atoms with Crippen LogP contribution in [0.1, 0.15) is 35.3 Å². The lowest BCUT2D eigenvalue weighted by Crippen LogP contribution is -2.24. The van der Waals surface area contributed by atoms with Crippen molar-refractivity contribution < 1.29 is 14.3 Å². The van der Waals surface area contributed by atoms with Crippen LogP contribution in [0.15, 0.2) is 36.7 Å². The normalized spacial score (nSPS) is 20.6. The van der Waals surface area contributed by atoms with E-state index in [1.807, 2.05) is 19.1 Å². The van der Waals surface area contributed by atoms with Gasteiger partial charge in [-0.15, -0.1) is 0 Å². The Hall–Kier alpha value is -2.34. The molecule has 2 atom stereocenters. The molecule has 0 spiro atoms. The predicted octanol–water partition coefficient (Wildman–Crippen LogP) is 2.76. The number of hydrogen-bond donors (Lipinski definition) is 0.